The van der Waals surface area contributed by atoms with Crippen LogP contribution in [0.4, 0.5) is 0 Å². The van der Waals surface area contributed by atoms with Gasteiger partial charge in [-0.1, -0.05) is 9.35 Å². The largest absolute Gasteiger partial charge is 0.542 e. The summed E-state index contributed by atoms with van der Waals surface area (Å²) in [5, 5.41) is 3.45. The lowest BCUT2D eigenvalue weighted by molar-refractivity contribution is -0.496. The lowest BCUT2D eigenvalue weighted by Crippen LogP contribution is -2.08. The zero-order valence-corrected chi connectivity index (χ0v) is 6.03. The molecule has 8 nitrogen and oxygen atoms in total. The van der Waals surface area contributed by atoms with Crippen LogP contribution < -0.4 is 0 Å². The number of hydrogen-bond acceptors (Lipinski definition) is 6. The molecule has 0 spiro atoms. The second-order valence-electron chi connectivity index (χ2n) is 1.24. The van der Waals surface area contributed by atoms with Crippen LogP contribution in [0.1, 0.15) is 0 Å². The third kappa shape index (κ3) is 2.12. The van der Waals surface area contributed by atoms with Gasteiger partial charge in [-0.25, -0.2) is 9.13 Å². The predicted octanol–water partition coefficient (Wildman–Crippen LogP) is 0.0972. The topological polar surface area (TPSA) is 112 Å². The van der Waals surface area contributed by atoms with Crippen molar-refractivity contribution in [2.45, 2.75) is 0 Å². The molecule has 0 aromatic heterocycles. The van der Waals surface area contributed by atoms with Gasteiger partial charge < -0.3 is 9.79 Å². The molecule has 0 aliphatic carbocycles. The van der Waals surface area contributed by atoms with Crippen molar-refractivity contribution in [3.63, 3.8) is 0 Å². The van der Waals surface area contributed by atoms with Crippen molar-refractivity contribution in [1.29, 1.82) is 0 Å². The van der Waals surface area contributed by atoms with Crippen LogP contribution in [0.5, 0.6) is 0 Å². The lowest BCUT2D eigenvalue weighted by atomic mass is 14.5. The maximum atomic E-state index is 10.4. The minimum Gasteiger partial charge on any atom is -0.302 e. The van der Waals surface area contributed by atoms with E-state index in [1.807, 2.05) is 0 Å². The summed E-state index contributed by atoms with van der Waals surface area (Å²) >= 11 is 0. The van der Waals surface area contributed by atoms with Crippen LogP contribution >= 0.6 is 15.6 Å². The first-order valence-corrected chi connectivity index (χ1v) is 4.82. The molecule has 2 N–H and O–H groups in total. The molecule has 0 aromatic rings. The first kappa shape index (κ1) is 8.32. The van der Waals surface area contributed by atoms with Crippen LogP contribution in [0.2, 0.25) is 0 Å². The van der Waals surface area contributed by atoms with Gasteiger partial charge in [0.25, 0.3) is 0 Å². The molecule has 0 amide bonds. The van der Waals surface area contributed by atoms with Crippen LogP contribution in [-0.4, -0.2) is 9.79 Å². The van der Waals surface area contributed by atoms with Gasteiger partial charge in [0.15, 0.2) is 0 Å². The molecule has 1 fully saturated rings. The fourth-order valence-corrected chi connectivity index (χ4v) is 1.66. The average Bonchev–Trinajstić information content (AvgIpc) is 1.57. The van der Waals surface area contributed by atoms with Gasteiger partial charge in [0.05, 0.1) is 0 Å². The molecule has 0 radical (unpaired) electrons. The minimum atomic E-state index is -4.85. The molecule has 0 unspecified atom stereocenters. The molecular weight excluding hydrogens is 190 g/mol. The summed E-state index contributed by atoms with van der Waals surface area (Å²) in [5.74, 6) is 0. The van der Waals surface area contributed by atoms with Crippen molar-refractivity contribution < 1.29 is 37.6 Å². The summed E-state index contributed by atoms with van der Waals surface area (Å²) in [6.45, 7) is 0. The smallest absolute Gasteiger partial charge is 0.302 e. The summed E-state index contributed by atoms with van der Waals surface area (Å²) in [7, 11) is -8.95. The Morgan fingerprint density at radius 2 is 1.90 bits per heavy atom. The molecule has 1 rings (SSSR count). The highest BCUT2D eigenvalue weighted by Crippen LogP contribution is 2.66. The van der Waals surface area contributed by atoms with Gasteiger partial charge >= 0.3 is 15.6 Å². The van der Waals surface area contributed by atoms with Crippen LogP contribution in [0.15, 0.2) is 0 Å². The SMILES string of the molecule is O=P(O)(O)OP1(=O)OOO1. The summed E-state index contributed by atoms with van der Waals surface area (Å²) in [6.07, 6.45) is 0. The molecule has 0 atom stereocenters. The molecule has 10 heteroatoms. The number of hydrogen-bond donors (Lipinski definition) is 2. The van der Waals surface area contributed by atoms with Crippen molar-refractivity contribution in [3.8, 4) is 0 Å². The van der Waals surface area contributed by atoms with Crippen molar-refractivity contribution >= 4 is 15.6 Å². The van der Waals surface area contributed by atoms with Crippen LogP contribution in [-0.2, 0) is 27.8 Å². The maximum absolute atomic E-state index is 10.4. The van der Waals surface area contributed by atoms with E-state index in [1.54, 1.807) is 0 Å². The Morgan fingerprint density at radius 3 is 2.00 bits per heavy atom. The summed E-state index contributed by atoms with van der Waals surface area (Å²) in [4.78, 5) is 16.0. The predicted molar refractivity (Wildman–Crippen MR) is 24.0 cm³/mol. The van der Waals surface area contributed by atoms with Gasteiger partial charge in [0.2, 0.25) is 0 Å². The van der Waals surface area contributed by atoms with Crippen LogP contribution in [0.25, 0.3) is 0 Å². The third-order valence-electron chi connectivity index (χ3n) is 0.450. The molecule has 1 heterocycles. The monoisotopic (exact) mass is 192 g/mol. The summed E-state index contributed by atoms with van der Waals surface area (Å²) in [6, 6.07) is 0. The van der Waals surface area contributed by atoms with Gasteiger partial charge in [0, 0.05) is 0 Å². The summed E-state index contributed by atoms with van der Waals surface area (Å²) < 4.78 is 31.1. The zero-order valence-electron chi connectivity index (χ0n) is 4.24. The molecule has 1 saturated heterocycles. The van der Waals surface area contributed by atoms with Crippen LogP contribution in [0, 0.1) is 0 Å². The van der Waals surface area contributed by atoms with E-state index in [2.05, 4.69) is 18.7 Å². The molecule has 0 bridgehead atoms. The van der Waals surface area contributed by atoms with E-state index < -0.39 is 15.6 Å². The molecule has 0 saturated carbocycles. The van der Waals surface area contributed by atoms with Gasteiger partial charge in [-0.3, -0.25) is 0 Å². The third-order valence-corrected chi connectivity index (χ3v) is 2.59. The highest BCUT2D eigenvalue weighted by molar-refractivity contribution is 7.61. The quantitative estimate of drug-likeness (QED) is 0.467. The fourth-order valence-electron chi connectivity index (χ4n) is 0.238. The Morgan fingerprint density at radius 1 is 1.40 bits per heavy atom. The van der Waals surface area contributed by atoms with Crippen molar-refractivity contribution in [2.24, 2.45) is 0 Å². The average molecular weight is 192 g/mol. The normalized spacial score (nSPS) is 23.8. The van der Waals surface area contributed by atoms with Gasteiger partial charge in [-0.15, -0.1) is 0 Å². The van der Waals surface area contributed by atoms with E-state index in [1.165, 1.54) is 0 Å². The number of rotatable bonds is 2. The Bertz CT molecular complexity index is 201. The summed E-state index contributed by atoms with van der Waals surface area (Å²) in [5.41, 5.74) is 0. The van der Waals surface area contributed by atoms with Gasteiger partial charge in [0.1, 0.15) is 0 Å². The zero-order chi connectivity index (χ0) is 7.83. The Labute approximate surface area is 54.4 Å². The standard InChI is InChI=1S/H2O8P2/c1-9(2,3)8-10(4)6-5-7-10/h(H2,1,2,3). The molecule has 60 valence electrons. The fraction of sp³-hybridized carbons (Fsp3) is 0. The second-order valence-corrected chi connectivity index (χ2v) is 4.06. The van der Waals surface area contributed by atoms with Crippen molar-refractivity contribution in [3.05, 3.63) is 0 Å². The van der Waals surface area contributed by atoms with Crippen molar-refractivity contribution in [2.75, 3.05) is 0 Å². The number of phosphoric acid groups is 2. The van der Waals surface area contributed by atoms with Gasteiger partial charge in [-0.05, 0) is 5.04 Å². The Kier molecular flexibility index (Phi) is 1.97. The lowest BCUT2D eigenvalue weighted by Gasteiger charge is -2.19. The first-order chi connectivity index (χ1) is 4.41. The minimum absolute atomic E-state index is 3.45. The highest BCUT2D eigenvalue weighted by Gasteiger charge is 2.46. The first-order valence-electron chi connectivity index (χ1n) is 1.83. The molecule has 10 heavy (non-hydrogen) atoms. The molecule has 1 aliphatic heterocycles. The molecular formula is H2O8P2. The maximum Gasteiger partial charge on any atom is 0.542 e. The van der Waals surface area contributed by atoms with E-state index in [4.69, 9.17) is 9.79 Å². The van der Waals surface area contributed by atoms with E-state index in [0.717, 1.165) is 0 Å². The van der Waals surface area contributed by atoms with E-state index >= 15 is 0 Å². The van der Waals surface area contributed by atoms with E-state index in [0.29, 0.717) is 0 Å². The Balaban J connectivity index is 2.54. The second kappa shape index (κ2) is 2.37. The molecule has 0 aromatic carbocycles. The van der Waals surface area contributed by atoms with Gasteiger partial charge in [-0.2, -0.15) is 4.31 Å². The van der Waals surface area contributed by atoms with Crippen LogP contribution in [0.3, 0.4) is 0 Å². The highest BCUT2D eigenvalue weighted by atomic mass is 31.3. The van der Waals surface area contributed by atoms with E-state index in [-0.39, 0.29) is 0 Å². The Hall–Kier alpha value is 0.220. The van der Waals surface area contributed by atoms with Crippen molar-refractivity contribution in [1.82, 2.24) is 0 Å². The molecule has 1 aliphatic rings. The van der Waals surface area contributed by atoms with E-state index in [9.17, 15) is 9.13 Å².